The zero-order valence-electron chi connectivity index (χ0n) is 11.0. The number of nitrogens with one attached hydrogen (secondary N) is 1. The van der Waals surface area contributed by atoms with Crippen molar-refractivity contribution in [2.45, 2.75) is 26.7 Å². The van der Waals surface area contributed by atoms with Crippen LogP contribution in [0.4, 0.5) is 0 Å². The summed E-state index contributed by atoms with van der Waals surface area (Å²) in [5, 5.41) is 7.26. The van der Waals surface area contributed by atoms with Crippen LogP contribution in [0.25, 0.3) is 0 Å². The highest BCUT2D eigenvalue weighted by molar-refractivity contribution is 7.07. The van der Waals surface area contributed by atoms with Crippen LogP contribution in [0.15, 0.2) is 0 Å². The number of amides is 1. The molecule has 0 aliphatic carbocycles. The summed E-state index contributed by atoms with van der Waals surface area (Å²) in [6, 6.07) is 0. The zero-order valence-corrected chi connectivity index (χ0v) is 11.8. The molecule has 0 atom stereocenters. The number of piperidine rings is 1. The summed E-state index contributed by atoms with van der Waals surface area (Å²) in [7, 11) is 0. The number of aryl methyl sites for hydroxylation is 1. The van der Waals surface area contributed by atoms with Gasteiger partial charge < -0.3 is 10.2 Å². The lowest BCUT2D eigenvalue weighted by atomic mass is 9.97. The Morgan fingerprint density at radius 3 is 2.78 bits per heavy atom. The van der Waals surface area contributed by atoms with Gasteiger partial charge in [-0.3, -0.25) is 4.79 Å². The molecule has 1 N–H and O–H groups in total. The van der Waals surface area contributed by atoms with Gasteiger partial charge in [0.25, 0.3) is 5.91 Å². The predicted octanol–water partition coefficient (Wildman–Crippen LogP) is 1.31. The standard InChI is InChI=1S/C12H20N4OS/c1-3-16(8-10-4-6-13-7-5-10)12(17)11-9(2)14-15-18-11/h10,13H,3-8H2,1-2H3. The van der Waals surface area contributed by atoms with E-state index in [4.69, 9.17) is 0 Å². The SMILES string of the molecule is CCN(CC1CCNCC1)C(=O)c1snnc1C. The van der Waals surface area contributed by atoms with Gasteiger partial charge in [0.1, 0.15) is 4.88 Å². The van der Waals surface area contributed by atoms with Crippen molar-refractivity contribution in [3.63, 3.8) is 0 Å². The average Bonchev–Trinajstić information content (AvgIpc) is 2.82. The van der Waals surface area contributed by atoms with E-state index in [1.165, 1.54) is 11.5 Å². The maximum Gasteiger partial charge on any atom is 0.267 e. The van der Waals surface area contributed by atoms with Gasteiger partial charge >= 0.3 is 0 Å². The second-order valence-electron chi connectivity index (χ2n) is 4.72. The molecule has 6 heteroatoms. The molecule has 100 valence electrons. The van der Waals surface area contributed by atoms with Crippen LogP contribution in [-0.2, 0) is 0 Å². The number of carbonyl (C=O) groups is 1. The molecule has 1 aromatic heterocycles. The zero-order chi connectivity index (χ0) is 13.0. The van der Waals surface area contributed by atoms with E-state index in [1.807, 2.05) is 18.7 Å². The van der Waals surface area contributed by atoms with Gasteiger partial charge in [-0.25, -0.2) is 0 Å². The quantitative estimate of drug-likeness (QED) is 0.894. The molecule has 0 aromatic carbocycles. The van der Waals surface area contributed by atoms with Gasteiger partial charge in [-0.05, 0) is 57.2 Å². The van der Waals surface area contributed by atoms with Crippen molar-refractivity contribution in [3.8, 4) is 0 Å². The van der Waals surface area contributed by atoms with Gasteiger partial charge in [-0.15, -0.1) is 5.10 Å². The Bertz CT molecular complexity index is 401. The second-order valence-corrected chi connectivity index (χ2v) is 5.48. The van der Waals surface area contributed by atoms with Crippen LogP contribution in [-0.4, -0.2) is 46.6 Å². The first-order valence-electron chi connectivity index (χ1n) is 6.51. The Morgan fingerprint density at radius 1 is 1.50 bits per heavy atom. The summed E-state index contributed by atoms with van der Waals surface area (Å²) < 4.78 is 3.84. The van der Waals surface area contributed by atoms with Gasteiger partial charge in [0.05, 0.1) is 5.69 Å². The maximum absolute atomic E-state index is 12.4. The van der Waals surface area contributed by atoms with E-state index in [9.17, 15) is 4.79 Å². The molecule has 1 amide bonds. The lowest BCUT2D eigenvalue weighted by Crippen LogP contribution is -2.39. The summed E-state index contributed by atoms with van der Waals surface area (Å²) in [6.45, 7) is 7.61. The lowest BCUT2D eigenvalue weighted by molar-refractivity contribution is 0.0730. The highest BCUT2D eigenvalue weighted by Gasteiger charge is 2.23. The van der Waals surface area contributed by atoms with Crippen molar-refractivity contribution in [2.75, 3.05) is 26.2 Å². The van der Waals surface area contributed by atoms with Gasteiger partial charge in [0, 0.05) is 13.1 Å². The Morgan fingerprint density at radius 2 is 2.22 bits per heavy atom. The molecule has 0 unspecified atom stereocenters. The number of hydrogen-bond acceptors (Lipinski definition) is 5. The fraction of sp³-hybridized carbons (Fsp3) is 0.750. The van der Waals surface area contributed by atoms with Gasteiger partial charge in [-0.2, -0.15) is 0 Å². The third-order valence-corrected chi connectivity index (χ3v) is 4.27. The topological polar surface area (TPSA) is 58.1 Å². The van der Waals surface area contributed by atoms with Crippen molar-refractivity contribution >= 4 is 17.4 Å². The van der Waals surface area contributed by atoms with E-state index in [1.54, 1.807) is 0 Å². The summed E-state index contributed by atoms with van der Waals surface area (Å²) in [4.78, 5) is 15.0. The minimum Gasteiger partial charge on any atom is -0.338 e. The molecular formula is C12H20N4OS. The van der Waals surface area contributed by atoms with E-state index in [0.717, 1.165) is 44.7 Å². The van der Waals surface area contributed by atoms with Crippen LogP contribution in [0.1, 0.15) is 35.1 Å². The monoisotopic (exact) mass is 268 g/mol. The van der Waals surface area contributed by atoms with Crippen molar-refractivity contribution < 1.29 is 4.79 Å². The van der Waals surface area contributed by atoms with Crippen LogP contribution in [0.2, 0.25) is 0 Å². The molecule has 18 heavy (non-hydrogen) atoms. The normalized spacial score (nSPS) is 16.8. The molecular weight excluding hydrogens is 248 g/mol. The molecule has 2 heterocycles. The number of nitrogens with zero attached hydrogens (tertiary/aromatic N) is 3. The molecule has 0 saturated carbocycles. The predicted molar refractivity (Wildman–Crippen MR) is 71.8 cm³/mol. The van der Waals surface area contributed by atoms with Crippen LogP contribution >= 0.6 is 11.5 Å². The Hall–Kier alpha value is -1.01. The fourth-order valence-electron chi connectivity index (χ4n) is 2.30. The van der Waals surface area contributed by atoms with E-state index in [0.29, 0.717) is 10.8 Å². The first kappa shape index (κ1) is 13.4. The molecule has 0 spiro atoms. The third-order valence-electron chi connectivity index (χ3n) is 3.45. The fourth-order valence-corrected chi connectivity index (χ4v) is 2.93. The minimum absolute atomic E-state index is 0.0866. The molecule has 2 rings (SSSR count). The molecule has 0 radical (unpaired) electrons. The minimum atomic E-state index is 0.0866. The number of aromatic nitrogens is 2. The van der Waals surface area contributed by atoms with Crippen molar-refractivity contribution in [1.82, 2.24) is 19.8 Å². The van der Waals surface area contributed by atoms with Crippen LogP contribution in [0.5, 0.6) is 0 Å². The maximum atomic E-state index is 12.4. The van der Waals surface area contributed by atoms with E-state index < -0.39 is 0 Å². The molecule has 1 fully saturated rings. The summed E-state index contributed by atoms with van der Waals surface area (Å²) in [5.41, 5.74) is 0.744. The first-order valence-corrected chi connectivity index (χ1v) is 7.28. The summed E-state index contributed by atoms with van der Waals surface area (Å²) in [6.07, 6.45) is 2.31. The van der Waals surface area contributed by atoms with Crippen molar-refractivity contribution in [2.24, 2.45) is 5.92 Å². The largest absolute Gasteiger partial charge is 0.338 e. The molecule has 1 saturated heterocycles. The van der Waals surface area contributed by atoms with Gasteiger partial charge in [0.2, 0.25) is 0 Å². The molecule has 1 aromatic rings. The lowest BCUT2D eigenvalue weighted by Gasteiger charge is -2.29. The van der Waals surface area contributed by atoms with E-state index in [-0.39, 0.29) is 5.91 Å². The van der Waals surface area contributed by atoms with Crippen molar-refractivity contribution in [1.29, 1.82) is 0 Å². The van der Waals surface area contributed by atoms with Gasteiger partial charge in [0.15, 0.2) is 0 Å². The Balaban J connectivity index is 1.99. The number of rotatable bonds is 4. The first-order chi connectivity index (χ1) is 8.72. The summed E-state index contributed by atoms with van der Waals surface area (Å²) >= 11 is 1.20. The molecule has 1 aliphatic rings. The highest BCUT2D eigenvalue weighted by atomic mass is 32.1. The van der Waals surface area contributed by atoms with E-state index in [2.05, 4.69) is 14.9 Å². The third kappa shape index (κ3) is 3.05. The molecule has 1 aliphatic heterocycles. The van der Waals surface area contributed by atoms with Crippen LogP contribution < -0.4 is 5.32 Å². The average molecular weight is 268 g/mol. The highest BCUT2D eigenvalue weighted by Crippen LogP contribution is 2.17. The smallest absolute Gasteiger partial charge is 0.267 e. The van der Waals surface area contributed by atoms with Crippen LogP contribution in [0, 0.1) is 12.8 Å². The second kappa shape index (κ2) is 6.24. The van der Waals surface area contributed by atoms with E-state index >= 15 is 0 Å². The van der Waals surface area contributed by atoms with Gasteiger partial charge in [-0.1, -0.05) is 4.49 Å². The number of carbonyl (C=O) groups excluding carboxylic acids is 1. The summed E-state index contributed by atoms with van der Waals surface area (Å²) in [5.74, 6) is 0.708. The van der Waals surface area contributed by atoms with Crippen molar-refractivity contribution in [3.05, 3.63) is 10.6 Å². The van der Waals surface area contributed by atoms with Crippen LogP contribution in [0.3, 0.4) is 0 Å². The number of hydrogen-bond donors (Lipinski definition) is 1. The Kier molecular flexibility index (Phi) is 4.66. The molecule has 0 bridgehead atoms. The molecule has 5 nitrogen and oxygen atoms in total. The Labute approximate surface area is 112 Å².